The summed E-state index contributed by atoms with van der Waals surface area (Å²) in [6.45, 7) is 2.07. The number of hydrogen-bond donors (Lipinski definition) is 0. The molecule has 0 saturated heterocycles. The summed E-state index contributed by atoms with van der Waals surface area (Å²) < 4.78 is 28.0. The second-order valence-electron chi connectivity index (χ2n) is 7.11. The Morgan fingerprint density at radius 3 is 2.07 bits per heavy atom. The van der Waals surface area contributed by atoms with E-state index in [1.54, 1.807) is 36.4 Å². The van der Waals surface area contributed by atoms with E-state index < -0.39 is 10.0 Å². The maximum absolute atomic E-state index is 13.4. The van der Waals surface area contributed by atoms with Crippen LogP contribution < -0.4 is 5.36 Å². The molecule has 4 rings (SSSR count). The van der Waals surface area contributed by atoms with E-state index in [9.17, 15) is 8.42 Å². The lowest BCUT2D eigenvalue weighted by molar-refractivity contribution is 0.415. The highest BCUT2D eigenvalue weighted by molar-refractivity contribution is 7.89. The average molecular weight is 415 g/mol. The monoisotopic (exact) mass is 414 g/mol. The third-order valence-electron chi connectivity index (χ3n) is 4.82. The van der Waals surface area contributed by atoms with Crippen LogP contribution in [-0.4, -0.2) is 12.8 Å². The molecule has 0 amide bonds. The molecule has 150 valence electrons. The van der Waals surface area contributed by atoms with Crippen molar-refractivity contribution in [3.63, 3.8) is 0 Å². The SMILES string of the molecule is Cc1ccc(S(=O)(=O)N(Cc2ccc3ccccc3c2)N=c2cccccc2)cc1. The minimum absolute atomic E-state index is 0.139. The third-order valence-corrected chi connectivity index (χ3v) is 6.46. The van der Waals surface area contributed by atoms with Crippen molar-refractivity contribution in [2.45, 2.75) is 18.4 Å². The zero-order chi connectivity index (χ0) is 21.0. The zero-order valence-corrected chi connectivity index (χ0v) is 17.5. The van der Waals surface area contributed by atoms with Crippen LogP contribution >= 0.6 is 0 Å². The highest BCUT2D eigenvalue weighted by Crippen LogP contribution is 2.22. The van der Waals surface area contributed by atoms with E-state index in [1.807, 2.05) is 73.7 Å². The number of rotatable bonds is 5. The molecule has 0 aliphatic carbocycles. The Labute approximate surface area is 176 Å². The molecule has 0 aliphatic rings. The van der Waals surface area contributed by atoms with E-state index in [1.165, 1.54) is 4.41 Å². The van der Waals surface area contributed by atoms with Gasteiger partial charge in [0.25, 0.3) is 10.0 Å². The summed E-state index contributed by atoms with van der Waals surface area (Å²) in [6, 6.07) is 31.8. The number of hydrogen-bond acceptors (Lipinski definition) is 3. The predicted octanol–water partition coefficient (Wildman–Crippen LogP) is 4.86. The standard InChI is InChI=1S/C25H22N2O2S/c1-20-12-16-25(17-13-20)30(28,29)27(26-24-10-4-2-3-5-11-24)19-21-14-15-22-8-6-7-9-23(22)18-21/h2-18H,19H2,1H3. The van der Waals surface area contributed by atoms with Gasteiger partial charge in [-0.05, 0) is 53.6 Å². The Balaban J connectivity index is 1.80. The van der Waals surface area contributed by atoms with Gasteiger partial charge in [0, 0.05) is 0 Å². The molecule has 0 N–H and O–H groups in total. The highest BCUT2D eigenvalue weighted by Gasteiger charge is 2.23. The quantitative estimate of drug-likeness (QED) is 0.438. The molecule has 0 unspecified atom stereocenters. The van der Waals surface area contributed by atoms with E-state index in [4.69, 9.17) is 0 Å². The summed E-state index contributed by atoms with van der Waals surface area (Å²) in [5.41, 5.74) is 1.87. The van der Waals surface area contributed by atoms with Crippen LogP contribution in [0.15, 0.2) is 113 Å². The molecule has 0 fully saturated rings. The Morgan fingerprint density at radius 2 is 1.37 bits per heavy atom. The van der Waals surface area contributed by atoms with Gasteiger partial charge in [-0.1, -0.05) is 78.4 Å². The maximum atomic E-state index is 13.4. The maximum Gasteiger partial charge on any atom is 0.279 e. The lowest BCUT2D eigenvalue weighted by atomic mass is 10.1. The van der Waals surface area contributed by atoms with Crippen LogP contribution in [0.2, 0.25) is 0 Å². The van der Waals surface area contributed by atoms with Gasteiger partial charge in [-0.3, -0.25) is 0 Å². The molecule has 0 atom stereocenters. The first-order chi connectivity index (χ1) is 14.5. The van der Waals surface area contributed by atoms with Crippen molar-refractivity contribution in [1.29, 1.82) is 0 Å². The summed E-state index contributed by atoms with van der Waals surface area (Å²) in [7, 11) is -3.82. The van der Waals surface area contributed by atoms with Gasteiger partial charge in [0.1, 0.15) is 0 Å². The van der Waals surface area contributed by atoms with Gasteiger partial charge in [0.15, 0.2) is 0 Å². The normalized spacial score (nSPS) is 11.2. The molecule has 4 aromatic carbocycles. The van der Waals surface area contributed by atoms with Gasteiger partial charge in [-0.25, -0.2) is 0 Å². The predicted molar refractivity (Wildman–Crippen MR) is 120 cm³/mol. The molecule has 0 heterocycles. The van der Waals surface area contributed by atoms with Gasteiger partial charge < -0.3 is 0 Å². The van der Waals surface area contributed by atoms with Gasteiger partial charge >= 0.3 is 0 Å². The van der Waals surface area contributed by atoms with Crippen molar-refractivity contribution < 1.29 is 8.42 Å². The molecule has 0 saturated carbocycles. The van der Waals surface area contributed by atoms with Crippen molar-refractivity contribution >= 4 is 20.8 Å². The molecule has 5 heteroatoms. The third kappa shape index (κ3) is 4.42. The van der Waals surface area contributed by atoms with Crippen LogP contribution in [-0.2, 0) is 16.6 Å². The summed E-state index contributed by atoms with van der Waals surface area (Å²) >= 11 is 0. The summed E-state index contributed by atoms with van der Waals surface area (Å²) in [6.07, 6.45) is 0. The molecule has 0 radical (unpaired) electrons. The minimum atomic E-state index is -3.82. The molecule has 0 bridgehead atoms. The highest BCUT2D eigenvalue weighted by atomic mass is 32.2. The molecule has 30 heavy (non-hydrogen) atoms. The van der Waals surface area contributed by atoms with E-state index in [0.717, 1.165) is 21.9 Å². The van der Waals surface area contributed by atoms with Gasteiger partial charge in [0.05, 0.1) is 16.8 Å². The number of fused-ring (bicyclic) bond motifs is 1. The fourth-order valence-electron chi connectivity index (χ4n) is 3.19. The number of benzene rings is 3. The lowest BCUT2D eigenvalue weighted by Crippen LogP contribution is -2.28. The van der Waals surface area contributed by atoms with Crippen LogP contribution in [0.1, 0.15) is 11.1 Å². The molecule has 0 aliphatic heterocycles. The first kappa shape index (κ1) is 19.9. The lowest BCUT2D eigenvalue weighted by Gasteiger charge is -2.19. The second-order valence-corrected chi connectivity index (χ2v) is 8.95. The van der Waals surface area contributed by atoms with Crippen molar-refractivity contribution in [3.05, 3.63) is 120 Å². The van der Waals surface area contributed by atoms with Crippen molar-refractivity contribution in [3.8, 4) is 0 Å². The molecular weight excluding hydrogens is 392 g/mol. The van der Waals surface area contributed by atoms with Crippen molar-refractivity contribution in [2.24, 2.45) is 5.10 Å². The van der Waals surface area contributed by atoms with Crippen LogP contribution in [0.25, 0.3) is 10.8 Å². The first-order valence-electron chi connectivity index (χ1n) is 9.69. The van der Waals surface area contributed by atoms with Crippen LogP contribution in [0.4, 0.5) is 0 Å². The van der Waals surface area contributed by atoms with E-state index in [2.05, 4.69) is 5.10 Å². The Bertz CT molecular complexity index is 1330. The largest absolute Gasteiger partial charge is 0.279 e. The zero-order valence-electron chi connectivity index (χ0n) is 16.6. The van der Waals surface area contributed by atoms with Crippen LogP contribution in [0.5, 0.6) is 0 Å². The number of aryl methyl sites for hydroxylation is 1. The summed E-state index contributed by atoms with van der Waals surface area (Å²) in [4.78, 5) is 0.220. The smallest absolute Gasteiger partial charge is 0.200 e. The average Bonchev–Trinajstić information content (AvgIpc) is 3.02. The van der Waals surface area contributed by atoms with Crippen LogP contribution in [0, 0.1) is 6.92 Å². The Morgan fingerprint density at radius 1 is 0.733 bits per heavy atom. The summed E-state index contributed by atoms with van der Waals surface area (Å²) in [5.74, 6) is 0. The molecule has 0 aromatic heterocycles. The van der Waals surface area contributed by atoms with Gasteiger partial charge in [-0.2, -0.15) is 17.9 Å². The fourth-order valence-corrected chi connectivity index (χ4v) is 4.43. The van der Waals surface area contributed by atoms with E-state index in [0.29, 0.717) is 5.36 Å². The Kier molecular flexibility index (Phi) is 5.63. The fraction of sp³-hybridized carbons (Fsp3) is 0.0800. The molecule has 0 spiro atoms. The number of sulfonamides is 1. The minimum Gasteiger partial charge on any atom is -0.200 e. The van der Waals surface area contributed by atoms with Crippen molar-refractivity contribution in [2.75, 3.05) is 0 Å². The second kappa shape index (κ2) is 8.51. The topological polar surface area (TPSA) is 49.7 Å². The van der Waals surface area contributed by atoms with Crippen LogP contribution in [0.3, 0.4) is 0 Å². The molecular formula is C25H22N2O2S. The molecule has 4 aromatic rings. The summed E-state index contributed by atoms with van der Waals surface area (Å²) in [5, 5.41) is 7.23. The number of nitrogens with zero attached hydrogens (tertiary/aromatic N) is 2. The molecule has 4 nitrogen and oxygen atoms in total. The van der Waals surface area contributed by atoms with Gasteiger partial charge in [-0.15, -0.1) is 0 Å². The van der Waals surface area contributed by atoms with E-state index >= 15 is 0 Å². The van der Waals surface area contributed by atoms with Crippen molar-refractivity contribution in [1.82, 2.24) is 4.41 Å². The first-order valence-corrected chi connectivity index (χ1v) is 11.1. The van der Waals surface area contributed by atoms with E-state index in [-0.39, 0.29) is 11.4 Å². The van der Waals surface area contributed by atoms with Gasteiger partial charge in [0.2, 0.25) is 0 Å². The Hall–Kier alpha value is -3.44.